The van der Waals surface area contributed by atoms with E-state index in [-0.39, 0.29) is 0 Å². The van der Waals surface area contributed by atoms with Crippen LogP contribution in [0.5, 0.6) is 0 Å². The van der Waals surface area contributed by atoms with Crippen LogP contribution in [0.15, 0.2) is 247 Å². The first-order valence-corrected chi connectivity index (χ1v) is 21.5. The van der Waals surface area contributed by atoms with Gasteiger partial charge in [0.2, 0.25) is 0 Å². The summed E-state index contributed by atoms with van der Waals surface area (Å²) in [5.41, 5.74) is 17.6. The first kappa shape index (κ1) is 36.5. The Morgan fingerprint density at radius 2 is 0.714 bits per heavy atom. The molecule has 3 heteroatoms. The summed E-state index contributed by atoms with van der Waals surface area (Å²) in [6.45, 7) is 0. The van der Waals surface area contributed by atoms with E-state index in [9.17, 15) is 0 Å². The van der Waals surface area contributed by atoms with Crippen LogP contribution in [0.2, 0.25) is 0 Å². The van der Waals surface area contributed by atoms with Crippen molar-refractivity contribution in [3.63, 3.8) is 0 Å². The van der Waals surface area contributed by atoms with Crippen LogP contribution in [-0.4, -0.2) is 4.57 Å². The van der Waals surface area contributed by atoms with E-state index in [2.05, 4.69) is 252 Å². The Labute approximate surface area is 366 Å². The average Bonchev–Trinajstić information content (AvgIpc) is 3.91. The van der Waals surface area contributed by atoms with Crippen LogP contribution >= 0.6 is 0 Å². The molecule has 0 bridgehead atoms. The summed E-state index contributed by atoms with van der Waals surface area (Å²) in [6, 6.07) is 86.9. The average molecular weight is 805 g/mol. The van der Waals surface area contributed by atoms with Gasteiger partial charge >= 0.3 is 0 Å². The molecular formula is C60H40N2O. The number of furan rings is 1. The molecule has 0 aliphatic rings. The van der Waals surface area contributed by atoms with Gasteiger partial charge in [0.25, 0.3) is 0 Å². The summed E-state index contributed by atoms with van der Waals surface area (Å²) < 4.78 is 9.28. The summed E-state index contributed by atoms with van der Waals surface area (Å²) in [4.78, 5) is 2.35. The third-order valence-corrected chi connectivity index (χ3v) is 12.4. The minimum absolute atomic E-state index is 0.887. The fourth-order valence-corrected chi connectivity index (χ4v) is 9.47. The van der Waals surface area contributed by atoms with Crippen LogP contribution in [0.3, 0.4) is 0 Å². The Morgan fingerprint density at radius 1 is 0.286 bits per heavy atom. The molecule has 0 aliphatic carbocycles. The van der Waals surface area contributed by atoms with Crippen molar-refractivity contribution in [1.29, 1.82) is 0 Å². The van der Waals surface area contributed by atoms with E-state index >= 15 is 0 Å². The number of rotatable bonds is 8. The Balaban J connectivity index is 0.978. The molecule has 2 heterocycles. The Hall–Kier alpha value is -8.40. The number of nitrogens with zero attached hydrogens (tertiary/aromatic N) is 2. The molecule has 63 heavy (non-hydrogen) atoms. The molecule has 0 aliphatic heterocycles. The maximum atomic E-state index is 6.87. The molecule has 3 nitrogen and oxygen atoms in total. The van der Waals surface area contributed by atoms with Crippen LogP contribution in [0.25, 0.3) is 93.9 Å². The first-order chi connectivity index (χ1) is 31.3. The van der Waals surface area contributed by atoms with Crippen molar-refractivity contribution >= 4 is 60.8 Å². The molecule has 2 aromatic heterocycles. The Morgan fingerprint density at radius 3 is 1.35 bits per heavy atom. The summed E-state index contributed by atoms with van der Waals surface area (Å²) in [7, 11) is 0. The second kappa shape index (κ2) is 15.3. The molecule has 0 radical (unpaired) electrons. The zero-order chi connectivity index (χ0) is 41.7. The van der Waals surface area contributed by atoms with E-state index in [0.717, 1.165) is 72.5 Å². The molecule has 0 saturated heterocycles. The van der Waals surface area contributed by atoms with Gasteiger partial charge in [0.15, 0.2) is 0 Å². The molecule has 296 valence electrons. The summed E-state index contributed by atoms with van der Waals surface area (Å²) in [6.07, 6.45) is 0. The standard InChI is InChI=1S/C60H40N2O/c1-3-16-41(17-4-1)42-32-36-46(37-33-42)61(47-38-34-44(35-39-47)49-22-7-10-29-56(49)62-57-30-11-8-23-52(57)53-24-9-12-31-58(53)62)48-21-13-20-45(40-48)51-26-15-28-55-54-27-14-25-50(59(54)63-60(51)55)43-18-5-2-6-19-43/h1-40H. The van der Waals surface area contributed by atoms with Crippen molar-refractivity contribution in [2.45, 2.75) is 0 Å². The molecular weight excluding hydrogens is 765 g/mol. The summed E-state index contributed by atoms with van der Waals surface area (Å²) >= 11 is 0. The normalized spacial score (nSPS) is 11.5. The maximum absolute atomic E-state index is 6.87. The van der Waals surface area contributed by atoms with Crippen molar-refractivity contribution in [3.8, 4) is 50.2 Å². The van der Waals surface area contributed by atoms with Crippen LogP contribution < -0.4 is 4.90 Å². The molecule has 0 fully saturated rings. The van der Waals surface area contributed by atoms with E-state index in [0.29, 0.717) is 0 Å². The lowest BCUT2D eigenvalue weighted by molar-refractivity contribution is 0.671. The number of hydrogen-bond acceptors (Lipinski definition) is 2. The zero-order valence-electron chi connectivity index (χ0n) is 34.4. The molecule has 12 aromatic rings. The van der Waals surface area contributed by atoms with Gasteiger partial charge in [-0.25, -0.2) is 0 Å². The highest BCUT2D eigenvalue weighted by molar-refractivity contribution is 6.13. The highest BCUT2D eigenvalue weighted by Crippen LogP contribution is 2.43. The lowest BCUT2D eigenvalue weighted by Crippen LogP contribution is -2.10. The van der Waals surface area contributed by atoms with Crippen LogP contribution in [0.1, 0.15) is 0 Å². The van der Waals surface area contributed by atoms with Gasteiger partial charge in [0.1, 0.15) is 11.2 Å². The maximum Gasteiger partial charge on any atom is 0.143 e. The number of fused-ring (bicyclic) bond motifs is 6. The van der Waals surface area contributed by atoms with Crippen molar-refractivity contribution < 1.29 is 4.42 Å². The summed E-state index contributed by atoms with van der Waals surface area (Å²) in [5.74, 6) is 0. The topological polar surface area (TPSA) is 21.3 Å². The van der Waals surface area contributed by atoms with Crippen molar-refractivity contribution in [2.24, 2.45) is 0 Å². The molecule has 0 N–H and O–H groups in total. The Bertz CT molecular complexity index is 3550. The molecule has 0 spiro atoms. The minimum Gasteiger partial charge on any atom is -0.455 e. The van der Waals surface area contributed by atoms with E-state index < -0.39 is 0 Å². The van der Waals surface area contributed by atoms with Gasteiger partial charge in [-0.15, -0.1) is 0 Å². The minimum atomic E-state index is 0.887. The molecule has 0 saturated carbocycles. The van der Waals surface area contributed by atoms with E-state index in [1.54, 1.807) is 0 Å². The Kier molecular flexibility index (Phi) is 8.83. The molecule has 12 rings (SSSR count). The summed E-state index contributed by atoms with van der Waals surface area (Å²) in [5, 5.41) is 4.73. The van der Waals surface area contributed by atoms with Crippen molar-refractivity contribution in [3.05, 3.63) is 243 Å². The highest BCUT2D eigenvalue weighted by atomic mass is 16.3. The molecule has 0 atom stereocenters. The van der Waals surface area contributed by atoms with Gasteiger partial charge in [0.05, 0.1) is 16.7 Å². The first-order valence-electron chi connectivity index (χ1n) is 21.5. The number of hydrogen-bond donors (Lipinski definition) is 0. The van der Waals surface area contributed by atoms with Crippen LogP contribution in [0, 0.1) is 0 Å². The zero-order valence-corrected chi connectivity index (χ0v) is 34.4. The molecule has 10 aromatic carbocycles. The quantitative estimate of drug-likeness (QED) is 0.153. The third-order valence-electron chi connectivity index (χ3n) is 12.4. The van der Waals surface area contributed by atoms with E-state index in [4.69, 9.17) is 4.42 Å². The van der Waals surface area contributed by atoms with Crippen molar-refractivity contribution in [1.82, 2.24) is 4.57 Å². The molecule has 0 amide bonds. The fraction of sp³-hybridized carbons (Fsp3) is 0. The SMILES string of the molecule is c1ccc(-c2ccc(N(c3ccc(-c4ccccc4-n4c5ccccc5c5ccccc54)cc3)c3cccc(-c4cccc5c4oc4c(-c6ccccc6)cccc45)c3)cc2)cc1. The predicted octanol–water partition coefficient (Wildman–Crippen LogP) is 16.8. The second-order valence-electron chi connectivity index (χ2n) is 16.1. The van der Waals surface area contributed by atoms with Crippen LogP contribution in [-0.2, 0) is 0 Å². The number of anilines is 3. The number of para-hydroxylation sites is 5. The second-order valence-corrected chi connectivity index (χ2v) is 16.1. The van der Waals surface area contributed by atoms with Gasteiger partial charge in [-0.1, -0.05) is 188 Å². The lowest BCUT2D eigenvalue weighted by Gasteiger charge is -2.26. The monoisotopic (exact) mass is 804 g/mol. The highest BCUT2D eigenvalue weighted by Gasteiger charge is 2.20. The number of aromatic nitrogens is 1. The number of benzene rings is 10. The van der Waals surface area contributed by atoms with Gasteiger partial charge in [-0.2, -0.15) is 0 Å². The van der Waals surface area contributed by atoms with Gasteiger partial charge in [0, 0.05) is 55.3 Å². The largest absolute Gasteiger partial charge is 0.455 e. The van der Waals surface area contributed by atoms with Gasteiger partial charge in [-0.3, -0.25) is 0 Å². The third kappa shape index (κ3) is 6.29. The smallest absolute Gasteiger partial charge is 0.143 e. The molecule has 0 unspecified atom stereocenters. The van der Waals surface area contributed by atoms with Crippen LogP contribution in [0.4, 0.5) is 17.1 Å². The van der Waals surface area contributed by atoms with Gasteiger partial charge < -0.3 is 13.9 Å². The fourth-order valence-electron chi connectivity index (χ4n) is 9.47. The van der Waals surface area contributed by atoms with Crippen molar-refractivity contribution in [2.75, 3.05) is 4.90 Å². The van der Waals surface area contributed by atoms with Gasteiger partial charge in [-0.05, 0) is 82.4 Å². The predicted molar refractivity (Wildman–Crippen MR) is 264 cm³/mol. The van der Waals surface area contributed by atoms with E-state index in [1.807, 2.05) is 0 Å². The lowest BCUT2D eigenvalue weighted by atomic mass is 9.99. The van der Waals surface area contributed by atoms with E-state index in [1.165, 1.54) is 38.5 Å².